The molecule has 0 radical (unpaired) electrons. The van der Waals surface area contributed by atoms with Gasteiger partial charge in [0, 0.05) is 4.90 Å². The molecule has 0 aliphatic heterocycles. The summed E-state index contributed by atoms with van der Waals surface area (Å²) in [5, 5.41) is 5.16. The maximum atomic E-state index is 12.6. The summed E-state index contributed by atoms with van der Waals surface area (Å²) < 4.78 is 66.7. The van der Waals surface area contributed by atoms with Gasteiger partial charge in [0.05, 0.1) is 17.9 Å². The number of hydrogen-bond donors (Lipinski definition) is 2. The van der Waals surface area contributed by atoms with Crippen LogP contribution >= 0.6 is 11.8 Å². The number of thioether (sulfide) groups is 1. The highest BCUT2D eigenvalue weighted by Crippen LogP contribution is 2.31. The van der Waals surface area contributed by atoms with Gasteiger partial charge in [0.15, 0.2) is 6.61 Å². The van der Waals surface area contributed by atoms with Crippen molar-refractivity contribution in [1.82, 2.24) is 0 Å². The lowest BCUT2D eigenvalue weighted by molar-refractivity contribution is -0.153. The molecule has 0 bridgehead atoms. The van der Waals surface area contributed by atoms with Crippen molar-refractivity contribution in [3.63, 3.8) is 0 Å². The number of rotatable bonds is 8. The molecule has 2 rings (SSSR count). The largest absolute Gasteiger partial charge is 0.482 e. The minimum Gasteiger partial charge on any atom is -0.482 e. The number of para-hydroxylation sites is 3. The van der Waals surface area contributed by atoms with Crippen molar-refractivity contribution in [3.05, 3.63) is 48.5 Å². The van der Waals surface area contributed by atoms with E-state index in [0.29, 0.717) is 11.8 Å². The number of nitrogens with one attached hydrogen (secondary N) is 2. The molecule has 1 amide bonds. The van der Waals surface area contributed by atoms with Gasteiger partial charge in [-0.2, -0.15) is 22.0 Å². The van der Waals surface area contributed by atoms with E-state index in [1.54, 1.807) is 18.2 Å². The highest BCUT2D eigenvalue weighted by molar-refractivity contribution is 7.99. The van der Waals surface area contributed by atoms with Crippen LogP contribution in [0.3, 0.4) is 0 Å². The smallest absolute Gasteiger partial charge is 0.422 e. The van der Waals surface area contributed by atoms with Gasteiger partial charge < -0.3 is 15.4 Å². The fourth-order valence-electron chi connectivity index (χ4n) is 2.04. The molecule has 0 saturated carbocycles. The van der Waals surface area contributed by atoms with E-state index < -0.39 is 24.4 Å². The Hall–Kier alpha value is -2.49. The van der Waals surface area contributed by atoms with Gasteiger partial charge in [-0.15, -0.1) is 0 Å². The summed E-state index contributed by atoms with van der Waals surface area (Å²) in [6.45, 7) is -1.75. The Morgan fingerprint density at radius 3 is 2.33 bits per heavy atom. The number of alkyl halides is 5. The van der Waals surface area contributed by atoms with E-state index in [1.807, 2.05) is 0 Å². The normalized spacial score (nSPS) is 11.3. The first-order valence-electron chi connectivity index (χ1n) is 7.61. The van der Waals surface area contributed by atoms with Crippen LogP contribution in [0.5, 0.6) is 5.75 Å². The molecule has 0 aliphatic rings. The van der Waals surface area contributed by atoms with Crippen LogP contribution in [0.25, 0.3) is 0 Å². The van der Waals surface area contributed by atoms with Crippen molar-refractivity contribution in [1.29, 1.82) is 0 Å². The van der Waals surface area contributed by atoms with Crippen molar-refractivity contribution in [3.8, 4) is 5.75 Å². The molecule has 0 fully saturated rings. The Morgan fingerprint density at radius 2 is 1.67 bits per heavy atom. The van der Waals surface area contributed by atoms with Gasteiger partial charge in [-0.25, -0.2) is 0 Å². The lowest BCUT2D eigenvalue weighted by atomic mass is 10.3. The third-order valence-electron chi connectivity index (χ3n) is 3.09. The van der Waals surface area contributed by atoms with Gasteiger partial charge in [0.2, 0.25) is 5.91 Å². The topological polar surface area (TPSA) is 50.4 Å². The predicted octanol–water partition coefficient (Wildman–Crippen LogP) is 4.99. The minimum atomic E-state index is -4.49. The van der Waals surface area contributed by atoms with Crippen molar-refractivity contribution in [2.45, 2.75) is 16.8 Å². The minimum absolute atomic E-state index is 0.0590. The van der Waals surface area contributed by atoms with Gasteiger partial charge in [-0.05, 0) is 24.3 Å². The molecule has 0 aliphatic carbocycles. The fraction of sp³-hybridized carbons (Fsp3) is 0.235. The molecule has 0 aromatic heterocycles. The van der Waals surface area contributed by atoms with Crippen LogP contribution in [-0.4, -0.2) is 31.0 Å². The monoisotopic (exact) mass is 406 g/mol. The number of hydrogen-bond acceptors (Lipinski definition) is 4. The quantitative estimate of drug-likeness (QED) is 0.479. The van der Waals surface area contributed by atoms with Crippen LogP contribution in [0.4, 0.5) is 33.3 Å². The van der Waals surface area contributed by atoms with Crippen molar-refractivity contribution in [2.24, 2.45) is 0 Å². The average Bonchev–Trinajstić information content (AvgIpc) is 2.59. The molecule has 0 spiro atoms. The fourth-order valence-corrected chi connectivity index (χ4v) is 2.63. The lowest BCUT2D eigenvalue weighted by Gasteiger charge is -2.15. The van der Waals surface area contributed by atoms with Crippen molar-refractivity contribution in [2.75, 3.05) is 23.8 Å². The summed E-state index contributed by atoms with van der Waals surface area (Å²) in [5.41, 5.74) is 0.420. The van der Waals surface area contributed by atoms with E-state index in [1.165, 1.54) is 30.3 Å². The SMILES string of the molecule is O=C(CNc1ccccc1OCC(F)(F)F)Nc1ccccc1SC(F)F. The van der Waals surface area contributed by atoms with Gasteiger partial charge in [0.1, 0.15) is 5.75 Å². The molecule has 0 saturated heterocycles. The van der Waals surface area contributed by atoms with Gasteiger partial charge in [-0.1, -0.05) is 36.0 Å². The number of halogens is 5. The van der Waals surface area contributed by atoms with Crippen LogP contribution < -0.4 is 15.4 Å². The Balaban J connectivity index is 1.97. The van der Waals surface area contributed by atoms with E-state index in [2.05, 4.69) is 10.6 Å². The first-order valence-corrected chi connectivity index (χ1v) is 8.49. The van der Waals surface area contributed by atoms with Crippen molar-refractivity contribution >= 4 is 29.0 Å². The third kappa shape index (κ3) is 7.33. The lowest BCUT2D eigenvalue weighted by Crippen LogP contribution is -2.23. The van der Waals surface area contributed by atoms with Crippen LogP contribution in [0.2, 0.25) is 0 Å². The molecule has 2 N–H and O–H groups in total. The number of benzene rings is 2. The first kappa shape index (κ1) is 20.8. The Bertz CT molecular complexity index is 771. The first-order chi connectivity index (χ1) is 12.7. The van der Waals surface area contributed by atoms with Gasteiger partial charge in [0.25, 0.3) is 5.76 Å². The summed E-state index contributed by atoms with van der Waals surface area (Å²) in [5.74, 6) is -3.25. The molecule has 0 heterocycles. The number of carbonyl (C=O) groups excluding carboxylic acids is 1. The molecule has 2 aromatic carbocycles. The number of ether oxygens (including phenoxy) is 1. The number of amides is 1. The molecular formula is C17H15F5N2O2S. The molecule has 0 unspecified atom stereocenters. The molecule has 4 nitrogen and oxygen atoms in total. The second-order valence-corrected chi connectivity index (χ2v) is 6.21. The molecule has 2 aromatic rings. The highest BCUT2D eigenvalue weighted by atomic mass is 32.2. The zero-order valence-electron chi connectivity index (χ0n) is 13.7. The average molecular weight is 406 g/mol. The van der Waals surface area contributed by atoms with Crippen LogP contribution in [0, 0.1) is 0 Å². The van der Waals surface area contributed by atoms with Gasteiger partial charge >= 0.3 is 6.18 Å². The summed E-state index contributed by atoms with van der Waals surface area (Å²) in [4.78, 5) is 12.3. The van der Waals surface area contributed by atoms with E-state index in [-0.39, 0.29) is 28.6 Å². The zero-order valence-corrected chi connectivity index (χ0v) is 14.5. The van der Waals surface area contributed by atoms with Crippen LogP contribution in [-0.2, 0) is 4.79 Å². The van der Waals surface area contributed by atoms with Gasteiger partial charge in [-0.3, -0.25) is 4.79 Å². The second kappa shape index (κ2) is 9.45. The number of carbonyl (C=O) groups is 1. The summed E-state index contributed by atoms with van der Waals surface area (Å²) >= 11 is 0.298. The summed E-state index contributed by atoms with van der Waals surface area (Å²) in [6, 6.07) is 11.9. The van der Waals surface area contributed by atoms with E-state index in [4.69, 9.17) is 4.74 Å². The standard InChI is InChI=1S/C17H15F5N2O2S/c18-16(19)27-14-8-4-2-6-12(14)24-15(25)9-23-11-5-1-3-7-13(11)26-10-17(20,21)22/h1-8,16,23H,9-10H2,(H,24,25). The van der Waals surface area contributed by atoms with E-state index in [0.717, 1.165) is 0 Å². The Labute approximate surface area is 156 Å². The third-order valence-corrected chi connectivity index (χ3v) is 3.88. The van der Waals surface area contributed by atoms with E-state index >= 15 is 0 Å². The molecule has 27 heavy (non-hydrogen) atoms. The second-order valence-electron chi connectivity index (χ2n) is 5.18. The Kier molecular flexibility index (Phi) is 7.28. The molecule has 146 valence electrons. The molecule has 0 atom stereocenters. The maximum Gasteiger partial charge on any atom is 0.422 e. The number of anilines is 2. The molecular weight excluding hydrogens is 391 g/mol. The zero-order chi connectivity index (χ0) is 19.9. The molecule has 10 heteroatoms. The highest BCUT2D eigenvalue weighted by Gasteiger charge is 2.28. The predicted molar refractivity (Wildman–Crippen MR) is 93.4 cm³/mol. The van der Waals surface area contributed by atoms with E-state index in [9.17, 15) is 26.7 Å². The Morgan fingerprint density at radius 1 is 1.04 bits per heavy atom. The summed E-state index contributed by atoms with van der Waals surface area (Å²) in [6.07, 6.45) is -4.49. The maximum absolute atomic E-state index is 12.6. The van der Waals surface area contributed by atoms with Crippen LogP contribution in [0.15, 0.2) is 53.4 Å². The summed E-state index contributed by atoms with van der Waals surface area (Å²) in [7, 11) is 0. The van der Waals surface area contributed by atoms with Crippen LogP contribution in [0.1, 0.15) is 0 Å². The van der Waals surface area contributed by atoms with Crippen molar-refractivity contribution < 1.29 is 31.5 Å².